The van der Waals surface area contributed by atoms with Gasteiger partial charge in [0, 0.05) is 0 Å². The first-order valence-corrected chi connectivity index (χ1v) is 5.05. The number of allylic oxidation sites excluding steroid dienone is 1. The van der Waals surface area contributed by atoms with Gasteiger partial charge < -0.3 is 5.11 Å². The Bertz CT molecular complexity index is 247. The number of hydrogen-bond acceptors (Lipinski definition) is 2. The van der Waals surface area contributed by atoms with Crippen molar-refractivity contribution in [1.82, 2.24) is 0 Å². The number of carbonyl (C=O) groups is 2. The van der Waals surface area contributed by atoms with Gasteiger partial charge in [-0.15, -0.1) is 0 Å². The van der Waals surface area contributed by atoms with Gasteiger partial charge in [-0.3, -0.25) is 4.79 Å². The van der Waals surface area contributed by atoms with Crippen molar-refractivity contribution in [3.63, 3.8) is 0 Å². The molecule has 1 rings (SSSR count). The van der Waals surface area contributed by atoms with Crippen LogP contribution >= 0.6 is 0 Å². The number of hydrogen-bond donors (Lipinski definition) is 1. The fourth-order valence-corrected chi connectivity index (χ4v) is 1.77. The van der Waals surface area contributed by atoms with Crippen LogP contribution in [-0.2, 0) is 9.59 Å². The summed E-state index contributed by atoms with van der Waals surface area (Å²) in [5.41, 5.74) is 0. The Labute approximate surface area is 83.8 Å². The van der Waals surface area contributed by atoms with Gasteiger partial charge in [0.2, 0.25) is 0 Å². The molecule has 0 aromatic carbocycles. The van der Waals surface area contributed by atoms with Gasteiger partial charge >= 0.3 is 5.97 Å². The van der Waals surface area contributed by atoms with E-state index in [0.717, 1.165) is 18.8 Å². The van der Waals surface area contributed by atoms with E-state index in [4.69, 9.17) is 5.11 Å². The molecular weight excluding hydrogens is 180 g/mol. The van der Waals surface area contributed by atoms with Crippen molar-refractivity contribution in [2.75, 3.05) is 0 Å². The molecule has 0 aromatic heterocycles. The van der Waals surface area contributed by atoms with Crippen LogP contribution in [0.3, 0.4) is 0 Å². The molecule has 78 valence electrons. The monoisotopic (exact) mass is 196 g/mol. The van der Waals surface area contributed by atoms with Gasteiger partial charge in [0.25, 0.3) is 5.78 Å². The number of carboxylic acids is 1. The molecule has 0 amide bonds. The smallest absolute Gasteiger partial charge is 0.376 e. The summed E-state index contributed by atoms with van der Waals surface area (Å²) in [6.07, 6.45) is 7.45. The molecule has 1 saturated carbocycles. The van der Waals surface area contributed by atoms with Crippen LogP contribution in [0.4, 0.5) is 0 Å². The second-order valence-electron chi connectivity index (χ2n) is 4.05. The molecule has 0 heterocycles. The average molecular weight is 196 g/mol. The predicted octanol–water partition coefficient (Wildman–Crippen LogP) is 2.02. The minimum atomic E-state index is -1.37. The lowest BCUT2D eigenvalue weighted by molar-refractivity contribution is -0.146. The first-order chi connectivity index (χ1) is 6.59. The summed E-state index contributed by atoms with van der Waals surface area (Å²) in [5, 5.41) is 8.35. The minimum Gasteiger partial charge on any atom is -0.475 e. The van der Waals surface area contributed by atoms with Gasteiger partial charge in [0.1, 0.15) is 0 Å². The second kappa shape index (κ2) is 4.94. The van der Waals surface area contributed by atoms with Crippen molar-refractivity contribution in [1.29, 1.82) is 0 Å². The summed E-state index contributed by atoms with van der Waals surface area (Å²) < 4.78 is 0. The molecule has 0 aromatic rings. The van der Waals surface area contributed by atoms with Gasteiger partial charge in [0.15, 0.2) is 0 Å². The van der Waals surface area contributed by atoms with E-state index in [1.165, 1.54) is 18.9 Å². The molecule has 0 atom stereocenters. The Balaban J connectivity index is 2.37. The lowest BCUT2D eigenvalue weighted by Gasteiger charge is -2.23. The maximum Gasteiger partial charge on any atom is 0.376 e. The summed E-state index contributed by atoms with van der Waals surface area (Å²) in [4.78, 5) is 21.0. The number of aliphatic carboxylic acids is 1. The highest BCUT2D eigenvalue weighted by molar-refractivity contribution is 6.37. The summed E-state index contributed by atoms with van der Waals surface area (Å²) in [6, 6.07) is 0. The lowest BCUT2D eigenvalue weighted by Crippen LogP contribution is -2.12. The van der Waals surface area contributed by atoms with Crippen LogP contribution in [0.2, 0.25) is 0 Å². The molecule has 0 spiro atoms. The van der Waals surface area contributed by atoms with Gasteiger partial charge in [-0.2, -0.15) is 0 Å². The molecule has 0 saturated heterocycles. The number of carboxylic acid groups (broad SMARTS) is 1. The van der Waals surface area contributed by atoms with Gasteiger partial charge in [0.05, 0.1) is 0 Å². The van der Waals surface area contributed by atoms with Crippen LogP contribution in [0, 0.1) is 11.8 Å². The molecule has 0 unspecified atom stereocenters. The highest BCUT2D eigenvalue weighted by Gasteiger charge is 2.16. The molecule has 0 bridgehead atoms. The largest absolute Gasteiger partial charge is 0.475 e. The zero-order valence-electron chi connectivity index (χ0n) is 8.40. The van der Waals surface area contributed by atoms with Crippen LogP contribution in [0.15, 0.2) is 12.2 Å². The van der Waals surface area contributed by atoms with E-state index in [1.54, 1.807) is 6.08 Å². The maximum atomic E-state index is 10.8. The molecule has 0 radical (unpaired) electrons. The normalized spacial score (nSPS) is 27.8. The fourth-order valence-electron chi connectivity index (χ4n) is 1.77. The standard InChI is InChI=1S/C11H16O3/c1-8-2-4-9(5-3-8)6-7-10(12)11(13)14/h6-9H,2-5H2,1H3,(H,13,14)/b7-6+. The second-order valence-corrected chi connectivity index (χ2v) is 4.05. The van der Waals surface area contributed by atoms with Gasteiger partial charge in [-0.05, 0) is 30.8 Å². The molecule has 3 heteroatoms. The van der Waals surface area contributed by atoms with E-state index in [-0.39, 0.29) is 0 Å². The molecule has 3 nitrogen and oxygen atoms in total. The summed E-state index contributed by atoms with van der Waals surface area (Å²) in [6.45, 7) is 2.22. The van der Waals surface area contributed by atoms with Crippen molar-refractivity contribution in [3.05, 3.63) is 12.2 Å². The fraction of sp³-hybridized carbons (Fsp3) is 0.636. The number of carbonyl (C=O) groups excluding carboxylic acids is 1. The van der Waals surface area contributed by atoms with E-state index < -0.39 is 11.8 Å². The van der Waals surface area contributed by atoms with Gasteiger partial charge in [-0.25, -0.2) is 4.79 Å². The highest BCUT2D eigenvalue weighted by atomic mass is 16.4. The van der Waals surface area contributed by atoms with Crippen LogP contribution in [-0.4, -0.2) is 16.9 Å². The minimum absolute atomic E-state index is 0.398. The van der Waals surface area contributed by atoms with Crippen molar-refractivity contribution in [2.24, 2.45) is 11.8 Å². The van der Waals surface area contributed by atoms with Crippen molar-refractivity contribution in [3.8, 4) is 0 Å². The van der Waals surface area contributed by atoms with Crippen LogP contribution < -0.4 is 0 Å². The van der Waals surface area contributed by atoms with E-state index in [0.29, 0.717) is 5.92 Å². The molecule has 0 aliphatic heterocycles. The quantitative estimate of drug-likeness (QED) is 0.555. The first kappa shape index (κ1) is 11.0. The third kappa shape index (κ3) is 3.32. The molecule has 1 N–H and O–H groups in total. The third-order valence-electron chi connectivity index (χ3n) is 2.79. The number of rotatable bonds is 3. The van der Waals surface area contributed by atoms with Crippen LogP contribution in [0.25, 0.3) is 0 Å². The molecular formula is C11H16O3. The van der Waals surface area contributed by atoms with E-state index in [9.17, 15) is 9.59 Å². The zero-order valence-corrected chi connectivity index (χ0v) is 8.40. The molecule has 1 fully saturated rings. The Morgan fingerprint density at radius 1 is 1.21 bits per heavy atom. The highest BCUT2D eigenvalue weighted by Crippen LogP contribution is 2.28. The van der Waals surface area contributed by atoms with Crippen molar-refractivity contribution >= 4 is 11.8 Å². The van der Waals surface area contributed by atoms with E-state index in [2.05, 4.69) is 6.92 Å². The Morgan fingerprint density at radius 2 is 1.79 bits per heavy atom. The summed E-state index contributed by atoms with van der Waals surface area (Å²) >= 11 is 0. The van der Waals surface area contributed by atoms with Crippen LogP contribution in [0.1, 0.15) is 32.6 Å². The molecule has 1 aliphatic rings. The average Bonchev–Trinajstić information content (AvgIpc) is 2.16. The van der Waals surface area contributed by atoms with Crippen molar-refractivity contribution in [2.45, 2.75) is 32.6 Å². The molecule has 1 aliphatic carbocycles. The number of ketones is 1. The van der Waals surface area contributed by atoms with Gasteiger partial charge in [-0.1, -0.05) is 25.8 Å². The first-order valence-electron chi connectivity index (χ1n) is 5.05. The zero-order chi connectivity index (χ0) is 10.6. The Hall–Kier alpha value is -1.12. The summed E-state index contributed by atoms with van der Waals surface area (Å²) in [5.74, 6) is -1.02. The van der Waals surface area contributed by atoms with E-state index in [1.807, 2.05) is 0 Å². The summed E-state index contributed by atoms with van der Waals surface area (Å²) in [7, 11) is 0. The van der Waals surface area contributed by atoms with Crippen LogP contribution in [0.5, 0.6) is 0 Å². The maximum absolute atomic E-state index is 10.8. The SMILES string of the molecule is CC1CCC(/C=C/C(=O)C(=O)O)CC1. The Kier molecular flexibility index (Phi) is 3.86. The Morgan fingerprint density at radius 3 is 2.29 bits per heavy atom. The molecule has 14 heavy (non-hydrogen) atoms. The topological polar surface area (TPSA) is 54.4 Å². The predicted molar refractivity (Wildman–Crippen MR) is 52.9 cm³/mol. The van der Waals surface area contributed by atoms with E-state index >= 15 is 0 Å². The van der Waals surface area contributed by atoms with Crippen molar-refractivity contribution < 1.29 is 14.7 Å². The lowest BCUT2D eigenvalue weighted by atomic mass is 9.83. The third-order valence-corrected chi connectivity index (χ3v) is 2.79.